The van der Waals surface area contributed by atoms with E-state index in [-0.39, 0.29) is 24.5 Å². The van der Waals surface area contributed by atoms with Crippen LogP contribution < -0.4 is 5.73 Å². The van der Waals surface area contributed by atoms with Crippen molar-refractivity contribution in [2.24, 2.45) is 11.7 Å². The Balaban J connectivity index is 2.63. The summed E-state index contributed by atoms with van der Waals surface area (Å²) >= 11 is 0. The van der Waals surface area contributed by atoms with Crippen LogP contribution in [0.3, 0.4) is 0 Å². The van der Waals surface area contributed by atoms with Crippen LogP contribution >= 0.6 is 0 Å². The van der Waals surface area contributed by atoms with Crippen LogP contribution in [0.25, 0.3) is 0 Å². The lowest BCUT2D eigenvalue weighted by Gasteiger charge is -2.36. The molecule has 1 rings (SSSR count). The summed E-state index contributed by atoms with van der Waals surface area (Å²) in [7, 11) is 0. The van der Waals surface area contributed by atoms with Gasteiger partial charge in [-0.05, 0) is 5.92 Å². The van der Waals surface area contributed by atoms with Crippen LogP contribution in [-0.2, 0) is 9.53 Å². The van der Waals surface area contributed by atoms with E-state index in [1.807, 2.05) is 13.8 Å². The molecule has 1 aliphatic heterocycles. The Morgan fingerprint density at radius 1 is 1.67 bits per heavy atom. The number of ether oxygens (including phenoxy) is 1. The highest BCUT2D eigenvalue weighted by Crippen LogP contribution is 2.11. The predicted octanol–water partition coefficient (Wildman–Crippen LogP) is -0.811. The third-order valence-corrected chi connectivity index (χ3v) is 2.72. The first kappa shape index (κ1) is 12.4. The average molecular weight is 216 g/mol. The molecule has 0 spiro atoms. The van der Waals surface area contributed by atoms with Crippen LogP contribution in [0.1, 0.15) is 13.8 Å². The van der Waals surface area contributed by atoms with Crippen molar-refractivity contribution < 1.29 is 14.6 Å². The third-order valence-electron chi connectivity index (χ3n) is 2.72. The van der Waals surface area contributed by atoms with E-state index >= 15 is 0 Å². The fourth-order valence-electron chi connectivity index (χ4n) is 1.57. The van der Waals surface area contributed by atoms with Crippen molar-refractivity contribution in [1.82, 2.24) is 4.90 Å². The largest absolute Gasteiger partial charge is 0.394 e. The van der Waals surface area contributed by atoms with Gasteiger partial charge in [0.05, 0.1) is 31.9 Å². The first-order valence-electron chi connectivity index (χ1n) is 5.32. The number of hydrogen-bond acceptors (Lipinski definition) is 4. The molecule has 1 aliphatic rings. The van der Waals surface area contributed by atoms with E-state index in [4.69, 9.17) is 15.6 Å². The Bertz CT molecular complexity index is 221. The maximum absolute atomic E-state index is 11.9. The van der Waals surface area contributed by atoms with Crippen molar-refractivity contribution in [2.45, 2.75) is 25.9 Å². The second-order valence-electron chi connectivity index (χ2n) is 4.21. The third kappa shape index (κ3) is 2.90. The quantitative estimate of drug-likeness (QED) is 0.647. The number of amides is 1. The molecule has 1 unspecified atom stereocenters. The lowest BCUT2D eigenvalue weighted by molar-refractivity contribution is -0.144. The molecular weight excluding hydrogens is 196 g/mol. The normalized spacial score (nSPS) is 24.3. The minimum atomic E-state index is -0.489. The molecular formula is C10H20N2O3. The molecule has 0 aromatic carbocycles. The summed E-state index contributed by atoms with van der Waals surface area (Å²) in [4.78, 5) is 13.6. The van der Waals surface area contributed by atoms with E-state index in [2.05, 4.69) is 0 Å². The van der Waals surface area contributed by atoms with Crippen LogP contribution in [0.15, 0.2) is 0 Å². The van der Waals surface area contributed by atoms with E-state index < -0.39 is 6.04 Å². The number of nitrogens with two attached hydrogens (primary N) is 1. The standard InChI is InChI=1S/C10H20N2O3/c1-7(2)9(11)10(14)12-3-4-15-6-8(12)5-13/h7-9,13H,3-6,11H2,1-2H3/t8?,9-/m0/s1. The van der Waals surface area contributed by atoms with Gasteiger partial charge in [0, 0.05) is 6.54 Å². The van der Waals surface area contributed by atoms with E-state index in [0.717, 1.165) is 0 Å². The van der Waals surface area contributed by atoms with E-state index in [0.29, 0.717) is 19.8 Å². The second-order valence-corrected chi connectivity index (χ2v) is 4.21. The molecule has 0 radical (unpaired) electrons. The Hall–Kier alpha value is -0.650. The number of aliphatic hydroxyl groups excluding tert-OH is 1. The molecule has 2 atom stereocenters. The van der Waals surface area contributed by atoms with E-state index in [1.54, 1.807) is 4.90 Å². The number of hydrogen-bond donors (Lipinski definition) is 2. The van der Waals surface area contributed by atoms with Crippen LogP contribution in [0.5, 0.6) is 0 Å². The number of aliphatic hydroxyl groups is 1. The molecule has 5 heteroatoms. The molecule has 0 aromatic heterocycles. The van der Waals surface area contributed by atoms with Gasteiger partial charge in [-0.2, -0.15) is 0 Å². The first-order chi connectivity index (χ1) is 7.07. The molecule has 1 fully saturated rings. The molecule has 0 bridgehead atoms. The van der Waals surface area contributed by atoms with Crippen molar-refractivity contribution in [2.75, 3.05) is 26.4 Å². The smallest absolute Gasteiger partial charge is 0.240 e. The summed E-state index contributed by atoms with van der Waals surface area (Å²) in [6.07, 6.45) is 0. The second kappa shape index (κ2) is 5.44. The molecule has 1 saturated heterocycles. The van der Waals surface area contributed by atoms with Crippen molar-refractivity contribution >= 4 is 5.91 Å². The van der Waals surface area contributed by atoms with Gasteiger partial charge in [-0.15, -0.1) is 0 Å². The van der Waals surface area contributed by atoms with Gasteiger partial charge in [-0.25, -0.2) is 0 Å². The topological polar surface area (TPSA) is 75.8 Å². The van der Waals surface area contributed by atoms with Crippen molar-refractivity contribution in [1.29, 1.82) is 0 Å². The highest BCUT2D eigenvalue weighted by Gasteiger charge is 2.30. The summed E-state index contributed by atoms with van der Waals surface area (Å²) in [5, 5.41) is 9.12. The molecule has 15 heavy (non-hydrogen) atoms. The summed E-state index contributed by atoms with van der Waals surface area (Å²) in [5.41, 5.74) is 5.79. The molecule has 1 amide bonds. The summed E-state index contributed by atoms with van der Waals surface area (Å²) in [5.74, 6) is 0.0204. The lowest BCUT2D eigenvalue weighted by atomic mass is 10.0. The van der Waals surface area contributed by atoms with Crippen LogP contribution in [0, 0.1) is 5.92 Å². The predicted molar refractivity (Wildman–Crippen MR) is 56.2 cm³/mol. The van der Waals surface area contributed by atoms with Gasteiger partial charge in [0.2, 0.25) is 5.91 Å². The summed E-state index contributed by atoms with van der Waals surface area (Å²) in [6, 6.07) is -0.729. The Kier molecular flexibility index (Phi) is 4.50. The fraction of sp³-hybridized carbons (Fsp3) is 0.900. The average Bonchev–Trinajstić information content (AvgIpc) is 2.26. The molecule has 0 aliphatic carbocycles. The SMILES string of the molecule is CC(C)[C@H](N)C(=O)N1CCOCC1CO. The molecule has 0 aromatic rings. The van der Waals surface area contributed by atoms with Gasteiger partial charge in [0.1, 0.15) is 0 Å². The van der Waals surface area contributed by atoms with Gasteiger partial charge in [-0.1, -0.05) is 13.8 Å². The zero-order valence-corrected chi connectivity index (χ0v) is 9.35. The molecule has 3 N–H and O–H groups in total. The van der Waals surface area contributed by atoms with E-state index in [9.17, 15) is 4.79 Å². The van der Waals surface area contributed by atoms with Crippen molar-refractivity contribution in [3.05, 3.63) is 0 Å². The lowest BCUT2D eigenvalue weighted by Crippen LogP contribution is -2.56. The van der Waals surface area contributed by atoms with Gasteiger partial charge in [0.15, 0.2) is 0 Å². The highest BCUT2D eigenvalue weighted by molar-refractivity contribution is 5.82. The number of nitrogens with zero attached hydrogens (tertiary/aromatic N) is 1. The van der Waals surface area contributed by atoms with Crippen molar-refractivity contribution in [3.63, 3.8) is 0 Å². The highest BCUT2D eigenvalue weighted by atomic mass is 16.5. The van der Waals surface area contributed by atoms with Gasteiger partial charge >= 0.3 is 0 Å². The van der Waals surface area contributed by atoms with Gasteiger partial charge in [0.25, 0.3) is 0 Å². The molecule has 88 valence electrons. The minimum absolute atomic E-state index is 0.0729. The van der Waals surface area contributed by atoms with Crippen molar-refractivity contribution in [3.8, 4) is 0 Å². The number of morpholine rings is 1. The van der Waals surface area contributed by atoms with Crippen LogP contribution in [0.4, 0.5) is 0 Å². The van der Waals surface area contributed by atoms with Crippen LogP contribution in [-0.4, -0.2) is 54.4 Å². The Morgan fingerprint density at radius 2 is 2.33 bits per heavy atom. The summed E-state index contributed by atoms with van der Waals surface area (Å²) in [6.45, 7) is 5.19. The first-order valence-corrected chi connectivity index (χ1v) is 5.32. The van der Waals surface area contributed by atoms with Gasteiger partial charge in [-0.3, -0.25) is 4.79 Å². The fourth-order valence-corrected chi connectivity index (χ4v) is 1.57. The summed E-state index contributed by atoms with van der Waals surface area (Å²) < 4.78 is 5.20. The minimum Gasteiger partial charge on any atom is -0.394 e. The van der Waals surface area contributed by atoms with Gasteiger partial charge < -0.3 is 20.5 Å². The zero-order chi connectivity index (χ0) is 11.4. The number of carbonyl (C=O) groups excluding carboxylic acids is 1. The molecule has 1 heterocycles. The number of rotatable bonds is 3. The Labute approximate surface area is 90.2 Å². The molecule has 0 saturated carbocycles. The Morgan fingerprint density at radius 3 is 2.87 bits per heavy atom. The van der Waals surface area contributed by atoms with Crippen LogP contribution in [0.2, 0.25) is 0 Å². The maximum atomic E-state index is 11.9. The zero-order valence-electron chi connectivity index (χ0n) is 9.35. The number of carbonyl (C=O) groups is 1. The monoisotopic (exact) mass is 216 g/mol. The van der Waals surface area contributed by atoms with E-state index in [1.165, 1.54) is 0 Å². The molecule has 5 nitrogen and oxygen atoms in total. The maximum Gasteiger partial charge on any atom is 0.240 e.